The Bertz CT molecular complexity index is 656. The van der Waals surface area contributed by atoms with Crippen LogP contribution in [0.2, 0.25) is 0 Å². The third-order valence-corrected chi connectivity index (χ3v) is 5.04. The molecule has 1 saturated carbocycles. The first-order valence-electron chi connectivity index (χ1n) is 9.55. The maximum Gasteiger partial charge on any atom is 0.191 e. The van der Waals surface area contributed by atoms with Crippen LogP contribution in [-0.2, 0) is 0 Å². The number of nitrogens with one attached hydrogen (secondary N) is 2. The molecule has 0 amide bonds. The van der Waals surface area contributed by atoms with E-state index in [0.29, 0.717) is 6.54 Å². The Hall–Kier alpha value is -2.33. The second-order valence-electron chi connectivity index (χ2n) is 7.03. The van der Waals surface area contributed by atoms with Crippen molar-refractivity contribution in [1.82, 2.24) is 10.6 Å². The standard InChI is InChI=1S/C22H29N3O/c1-2-23-21(25-17-22(26)14-9-15-22)24-16-20(18-10-5-3-6-11-18)19-12-7-4-8-13-19/h3-8,10-13,20,26H,2,9,14-17H2,1H3,(H2,23,24,25). The first-order chi connectivity index (χ1) is 12.7. The van der Waals surface area contributed by atoms with Crippen molar-refractivity contribution >= 4 is 5.96 Å². The first kappa shape index (κ1) is 18.5. The van der Waals surface area contributed by atoms with Crippen molar-refractivity contribution in [2.75, 3.05) is 19.6 Å². The predicted molar refractivity (Wildman–Crippen MR) is 108 cm³/mol. The molecule has 0 spiro atoms. The minimum Gasteiger partial charge on any atom is -0.388 e. The Balaban J connectivity index is 1.72. The highest BCUT2D eigenvalue weighted by Crippen LogP contribution is 2.31. The molecule has 2 aromatic rings. The van der Waals surface area contributed by atoms with Gasteiger partial charge in [0.15, 0.2) is 5.96 Å². The van der Waals surface area contributed by atoms with E-state index in [4.69, 9.17) is 0 Å². The van der Waals surface area contributed by atoms with Crippen molar-refractivity contribution in [3.05, 3.63) is 71.8 Å². The number of aliphatic imine (C=N–C) groups is 1. The molecule has 4 heteroatoms. The highest BCUT2D eigenvalue weighted by Gasteiger charge is 2.34. The quantitative estimate of drug-likeness (QED) is 0.530. The minimum atomic E-state index is -0.597. The van der Waals surface area contributed by atoms with Crippen molar-refractivity contribution < 1.29 is 5.11 Å². The fourth-order valence-corrected chi connectivity index (χ4v) is 3.31. The summed E-state index contributed by atoms with van der Waals surface area (Å²) in [7, 11) is 0. The Labute approximate surface area is 156 Å². The highest BCUT2D eigenvalue weighted by molar-refractivity contribution is 5.80. The van der Waals surface area contributed by atoms with Gasteiger partial charge in [0.25, 0.3) is 0 Å². The maximum atomic E-state index is 10.3. The second-order valence-corrected chi connectivity index (χ2v) is 7.03. The van der Waals surface area contributed by atoms with E-state index in [1.54, 1.807) is 0 Å². The van der Waals surface area contributed by atoms with Gasteiger partial charge in [0.1, 0.15) is 0 Å². The third-order valence-electron chi connectivity index (χ3n) is 5.04. The monoisotopic (exact) mass is 351 g/mol. The molecule has 1 aliphatic rings. The molecule has 1 aliphatic carbocycles. The van der Waals surface area contributed by atoms with Crippen LogP contribution in [0, 0.1) is 0 Å². The van der Waals surface area contributed by atoms with E-state index in [2.05, 4.69) is 71.1 Å². The average molecular weight is 351 g/mol. The summed E-state index contributed by atoms with van der Waals surface area (Å²) in [5.41, 5.74) is 1.96. The molecular weight excluding hydrogens is 322 g/mol. The molecule has 0 aliphatic heterocycles. The van der Waals surface area contributed by atoms with Gasteiger partial charge in [-0.1, -0.05) is 60.7 Å². The van der Waals surface area contributed by atoms with Crippen molar-refractivity contribution in [2.24, 2.45) is 4.99 Å². The van der Waals surface area contributed by atoms with Crippen LogP contribution in [0.1, 0.15) is 43.2 Å². The van der Waals surface area contributed by atoms with Gasteiger partial charge in [0.2, 0.25) is 0 Å². The van der Waals surface area contributed by atoms with Crippen LogP contribution in [0.5, 0.6) is 0 Å². The molecule has 138 valence electrons. The average Bonchev–Trinajstić information content (AvgIpc) is 2.66. The summed E-state index contributed by atoms with van der Waals surface area (Å²) in [4.78, 5) is 4.61. The molecule has 0 saturated heterocycles. The number of nitrogens with zero attached hydrogens (tertiary/aromatic N) is 1. The first-order valence-corrected chi connectivity index (χ1v) is 9.55. The predicted octanol–water partition coefficient (Wildman–Crippen LogP) is 3.29. The van der Waals surface area contributed by atoms with Crippen molar-refractivity contribution in [3.8, 4) is 0 Å². The molecule has 3 rings (SSSR count). The number of hydrogen-bond acceptors (Lipinski definition) is 2. The van der Waals surface area contributed by atoms with Crippen LogP contribution in [0.4, 0.5) is 0 Å². The van der Waals surface area contributed by atoms with Crippen LogP contribution < -0.4 is 10.6 Å². The van der Waals surface area contributed by atoms with E-state index in [1.807, 2.05) is 12.1 Å². The van der Waals surface area contributed by atoms with Crippen LogP contribution >= 0.6 is 0 Å². The summed E-state index contributed by atoms with van der Waals surface area (Å²) in [5.74, 6) is 1.01. The summed E-state index contributed by atoms with van der Waals surface area (Å²) in [5, 5.41) is 17.1. The van der Waals surface area contributed by atoms with Gasteiger partial charge >= 0.3 is 0 Å². The molecular formula is C22H29N3O. The van der Waals surface area contributed by atoms with E-state index in [-0.39, 0.29) is 5.92 Å². The third kappa shape index (κ3) is 4.85. The maximum absolute atomic E-state index is 10.3. The molecule has 0 heterocycles. The second kappa shape index (κ2) is 8.86. The van der Waals surface area contributed by atoms with E-state index < -0.39 is 5.60 Å². The van der Waals surface area contributed by atoms with Crippen LogP contribution in [0.15, 0.2) is 65.7 Å². The Morgan fingerprint density at radius 2 is 1.58 bits per heavy atom. The number of aliphatic hydroxyl groups is 1. The largest absolute Gasteiger partial charge is 0.388 e. The van der Waals surface area contributed by atoms with E-state index in [9.17, 15) is 5.11 Å². The minimum absolute atomic E-state index is 0.244. The van der Waals surface area contributed by atoms with Gasteiger partial charge in [-0.15, -0.1) is 0 Å². The topological polar surface area (TPSA) is 56.7 Å². The van der Waals surface area contributed by atoms with Gasteiger partial charge in [0, 0.05) is 19.0 Å². The summed E-state index contributed by atoms with van der Waals surface area (Å²) < 4.78 is 0. The zero-order valence-corrected chi connectivity index (χ0v) is 15.5. The number of benzene rings is 2. The lowest BCUT2D eigenvalue weighted by Gasteiger charge is -2.35. The van der Waals surface area contributed by atoms with Crippen molar-refractivity contribution in [2.45, 2.75) is 37.7 Å². The molecule has 0 unspecified atom stereocenters. The highest BCUT2D eigenvalue weighted by atomic mass is 16.3. The van der Waals surface area contributed by atoms with Gasteiger partial charge in [-0.3, -0.25) is 4.99 Å². The number of guanidine groups is 1. The Kier molecular flexibility index (Phi) is 6.29. The van der Waals surface area contributed by atoms with Crippen molar-refractivity contribution in [1.29, 1.82) is 0 Å². The molecule has 0 aromatic heterocycles. The molecule has 0 radical (unpaired) electrons. The van der Waals surface area contributed by atoms with Gasteiger partial charge in [-0.2, -0.15) is 0 Å². The molecule has 3 N–H and O–H groups in total. The van der Waals surface area contributed by atoms with E-state index in [0.717, 1.165) is 38.3 Å². The van der Waals surface area contributed by atoms with Gasteiger partial charge < -0.3 is 15.7 Å². The van der Waals surface area contributed by atoms with Gasteiger partial charge in [-0.05, 0) is 37.3 Å². The lowest BCUT2D eigenvalue weighted by molar-refractivity contribution is -0.0236. The SMILES string of the molecule is CCNC(=NCC1(O)CCC1)NCC(c1ccccc1)c1ccccc1. The summed E-state index contributed by atoms with van der Waals surface area (Å²) in [6.45, 7) is 4.06. The van der Waals surface area contributed by atoms with E-state index >= 15 is 0 Å². The Morgan fingerprint density at radius 1 is 1.00 bits per heavy atom. The number of hydrogen-bond donors (Lipinski definition) is 3. The van der Waals surface area contributed by atoms with Crippen LogP contribution in [-0.4, -0.2) is 36.3 Å². The molecule has 4 nitrogen and oxygen atoms in total. The van der Waals surface area contributed by atoms with E-state index in [1.165, 1.54) is 11.1 Å². The summed E-state index contributed by atoms with van der Waals surface area (Å²) >= 11 is 0. The molecule has 0 bridgehead atoms. The van der Waals surface area contributed by atoms with Gasteiger partial charge in [-0.25, -0.2) is 0 Å². The van der Waals surface area contributed by atoms with Crippen LogP contribution in [0.3, 0.4) is 0 Å². The van der Waals surface area contributed by atoms with Crippen LogP contribution in [0.25, 0.3) is 0 Å². The molecule has 0 atom stereocenters. The smallest absolute Gasteiger partial charge is 0.191 e. The fourth-order valence-electron chi connectivity index (χ4n) is 3.31. The summed E-state index contributed by atoms with van der Waals surface area (Å²) in [6, 6.07) is 21.1. The zero-order chi connectivity index (χ0) is 18.2. The summed E-state index contributed by atoms with van der Waals surface area (Å²) in [6.07, 6.45) is 2.80. The van der Waals surface area contributed by atoms with Gasteiger partial charge in [0.05, 0.1) is 12.1 Å². The zero-order valence-electron chi connectivity index (χ0n) is 15.5. The van der Waals surface area contributed by atoms with Crippen molar-refractivity contribution in [3.63, 3.8) is 0 Å². The molecule has 2 aromatic carbocycles. The molecule has 26 heavy (non-hydrogen) atoms. The normalized spacial score (nSPS) is 16.2. The lowest BCUT2D eigenvalue weighted by atomic mass is 9.80. The lowest BCUT2D eigenvalue weighted by Crippen LogP contribution is -2.44. The molecule has 1 fully saturated rings. The Morgan fingerprint density at radius 3 is 2.04 bits per heavy atom. The fraction of sp³-hybridized carbons (Fsp3) is 0.409. The number of rotatable bonds is 7.